The lowest BCUT2D eigenvalue weighted by Gasteiger charge is -2.14. The summed E-state index contributed by atoms with van der Waals surface area (Å²) >= 11 is 13.0. The van der Waals surface area contributed by atoms with Gasteiger partial charge in [0.2, 0.25) is 11.8 Å². The Bertz CT molecular complexity index is 2900. The number of pyridine rings is 2. The maximum atomic E-state index is 13.1. The number of imidazole rings is 2. The van der Waals surface area contributed by atoms with Crippen LogP contribution in [0.25, 0.3) is 34.0 Å². The number of fused-ring (bicyclic) bond motifs is 2. The third kappa shape index (κ3) is 9.15. The van der Waals surface area contributed by atoms with E-state index >= 15 is 0 Å². The van der Waals surface area contributed by atoms with Gasteiger partial charge < -0.3 is 20.1 Å². The molecule has 0 aliphatic rings. The molecule has 8 aromatic rings. The average Bonchev–Trinajstić information content (AvgIpc) is 4.03. The van der Waals surface area contributed by atoms with Crippen LogP contribution < -0.4 is 20.1 Å². The largest absolute Gasteiger partial charge is 0.458 e. The SMILES string of the molecule is CC(C)CC(=O)Nc1ccc(CCCCC(=O)Nc2cccc(COc3nc4c(Cl)cccc4n3-c3nnnn3C)n2)c(COc2nc3c(Cl)cccc3n2-c2nnnn2C)n1. The van der Waals surface area contributed by atoms with Crippen molar-refractivity contribution in [3.8, 4) is 23.9 Å². The number of tetrazole rings is 2. The second-order valence-electron chi connectivity index (χ2n) is 14.7. The molecule has 6 heterocycles. The van der Waals surface area contributed by atoms with E-state index in [9.17, 15) is 9.59 Å². The van der Waals surface area contributed by atoms with Gasteiger partial charge >= 0.3 is 12.0 Å². The predicted molar refractivity (Wildman–Crippen MR) is 228 cm³/mol. The minimum Gasteiger partial charge on any atom is -0.458 e. The molecule has 2 amide bonds. The number of nitrogens with one attached hydrogen (secondary N) is 2. The van der Waals surface area contributed by atoms with E-state index < -0.39 is 0 Å². The van der Waals surface area contributed by atoms with Gasteiger partial charge in [-0.15, -0.1) is 0 Å². The summed E-state index contributed by atoms with van der Waals surface area (Å²) in [5, 5.41) is 30.4. The lowest BCUT2D eigenvalue weighted by Crippen LogP contribution is -2.16. The fraction of sp³-hybridized carbons (Fsp3) is 0.300. The highest BCUT2D eigenvalue weighted by Gasteiger charge is 2.22. The number of amides is 2. The number of aryl methyl sites for hydroxylation is 3. The van der Waals surface area contributed by atoms with Gasteiger partial charge in [-0.1, -0.05) is 71.5 Å². The minimum atomic E-state index is -0.192. The van der Waals surface area contributed by atoms with Crippen LogP contribution in [0.4, 0.5) is 11.6 Å². The molecule has 0 aliphatic carbocycles. The van der Waals surface area contributed by atoms with Crippen molar-refractivity contribution < 1.29 is 19.1 Å². The Hall–Kier alpha value is -7.06. The van der Waals surface area contributed by atoms with Crippen molar-refractivity contribution in [2.24, 2.45) is 20.0 Å². The molecule has 0 unspecified atom stereocenters. The summed E-state index contributed by atoms with van der Waals surface area (Å²) < 4.78 is 18.8. The Balaban J connectivity index is 0.914. The molecule has 20 nitrogen and oxygen atoms in total. The Morgan fingerprint density at radius 2 is 1.26 bits per heavy atom. The molecule has 0 saturated carbocycles. The zero-order chi connectivity index (χ0) is 43.3. The van der Waals surface area contributed by atoms with E-state index in [0.717, 1.165) is 5.56 Å². The van der Waals surface area contributed by atoms with Crippen LogP contribution in [0.15, 0.2) is 66.7 Å². The highest BCUT2D eigenvalue weighted by atomic mass is 35.5. The first-order valence-electron chi connectivity index (χ1n) is 19.6. The summed E-state index contributed by atoms with van der Waals surface area (Å²) in [4.78, 5) is 44.4. The van der Waals surface area contributed by atoms with Crippen LogP contribution in [0.5, 0.6) is 12.0 Å². The summed E-state index contributed by atoms with van der Waals surface area (Å²) in [5.74, 6) is 1.39. The van der Waals surface area contributed by atoms with Crippen molar-refractivity contribution in [1.82, 2.24) is 69.5 Å². The van der Waals surface area contributed by atoms with E-state index in [2.05, 4.69) is 56.6 Å². The number of ether oxygens (including phenoxy) is 2. The number of hydrogen-bond acceptors (Lipinski definition) is 14. The van der Waals surface area contributed by atoms with Gasteiger partial charge in [0.25, 0.3) is 11.9 Å². The summed E-state index contributed by atoms with van der Waals surface area (Å²) in [6.45, 7) is 4.00. The summed E-state index contributed by atoms with van der Waals surface area (Å²) in [6.07, 6.45) is 2.42. The summed E-state index contributed by atoms with van der Waals surface area (Å²) in [5.41, 5.74) is 4.40. The lowest BCUT2D eigenvalue weighted by molar-refractivity contribution is -0.117. The maximum absolute atomic E-state index is 13.1. The van der Waals surface area contributed by atoms with Crippen molar-refractivity contribution in [1.29, 1.82) is 0 Å². The second-order valence-corrected chi connectivity index (χ2v) is 15.5. The molecule has 22 heteroatoms. The molecule has 8 rings (SSSR count). The molecule has 2 N–H and O–H groups in total. The van der Waals surface area contributed by atoms with Crippen LogP contribution in [0.3, 0.4) is 0 Å². The zero-order valence-electron chi connectivity index (χ0n) is 34.0. The lowest BCUT2D eigenvalue weighted by atomic mass is 10.1. The first-order valence-corrected chi connectivity index (χ1v) is 20.4. The van der Waals surface area contributed by atoms with Gasteiger partial charge in [-0.3, -0.25) is 9.59 Å². The number of nitrogens with zero attached hydrogens (tertiary/aromatic N) is 14. The molecule has 0 fully saturated rings. The van der Waals surface area contributed by atoms with Gasteiger partial charge in [0.05, 0.1) is 32.5 Å². The standard InChI is InChI=1S/C40H40Cl2N16O4/c1-23(2)20-34(60)46-32-19-18-24(28(44-32)22-62-40-48-36-27(42)13-9-15-30(36)58(40)38-50-52-54-56(38)4)10-5-6-17-33(59)45-31-16-7-11-25(43-31)21-61-39-47-35-26(41)12-8-14-29(35)57(39)37-49-51-53-55(37)3/h7-9,11-16,18-19,23H,5-6,10,17,20-22H2,1-4H3,(H,43,45,59)(H,44,46,60). The van der Waals surface area contributed by atoms with Crippen LogP contribution in [0, 0.1) is 5.92 Å². The number of carbonyl (C=O) groups is 2. The zero-order valence-corrected chi connectivity index (χ0v) is 35.5. The Kier molecular flexibility index (Phi) is 12.3. The molecule has 0 spiro atoms. The maximum Gasteiger partial charge on any atom is 0.305 e. The van der Waals surface area contributed by atoms with Crippen LogP contribution in [0.2, 0.25) is 10.0 Å². The fourth-order valence-corrected chi connectivity index (χ4v) is 7.14. The number of carbonyl (C=O) groups excluding carboxylic acids is 2. The fourth-order valence-electron chi connectivity index (χ4n) is 6.72. The summed E-state index contributed by atoms with van der Waals surface area (Å²) in [6, 6.07) is 20.2. The number of halogens is 2. The molecule has 0 saturated heterocycles. The Morgan fingerprint density at radius 1 is 0.677 bits per heavy atom. The highest BCUT2D eigenvalue weighted by molar-refractivity contribution is 6.35. The van der Waals surface area contributed by atoms with Gasteiger partial charge in [-0.2, -0.15) is 9.97 Å². The van der Waals surface area contributed by atoms with Crippen molar-refractivity contribution in [3.05, 3.63) is 93.7 Å². The number of aromatic nitrogens is 14. The quantitative estimate of drug-likeness (QED) is 0.100. The molecule has 62 heavy (non-hydrogen) atoms. The van der Waals surface area contributed by atoms with Gasteiger partial charge in [-0.05, 0) is 94.1 Å². The van der Waals surface area contributed by atoms with Gasteiger partial charge in [0.15, 0.2) is 0 Å². The highest BCUT2D eigenvalue weighted by Crippen LogP contribution is 2.32. The number of unbranched alkanes of at least 4 members (excludes halogenated alkanes) is 1. The third-order valence-corrected chi connectivity index (χ3v) is 10.2. The first-order chi connectivity index (χ1) is 30.0. The average molecular weight is 880 g/mol. The predicted octanol–water partition coefficient (Wildman–Crippen LogP) is 6.00. The smallest absolute Gasteiger partial charge is 0.305 e. The number of hydrogen-bond donors (Lipinski definition) is 2. The van der Waals surface area contributed by atoms with Crippen molar-refractivity contribution in [2.75, 3.05) is 10.6 Å². The molecule has 0 radical (unpaired) electrons. The van der Waals surface area contributed by atoms with E-state index in [4.69, 9.17) is 37.7 Å². The number of anilines is 2. The van der Waals surface area contributed by atoms with Crippen LogP contribution in [-0.2, 0) is 43.3 Å². The molecule has 318 valence electrons. The van der Waals surface area contributed by atoms with E-state index in [0.29, 0.717) is 92.7 Å². The molecule has 0 bridgehead atoms. The monoisotopic (exact) mass is 878 g/mol. The minimum absolute atomic E-state index is 0.00510. The van der Waals surface area contributed by atoms with Gasteiger partial charge in [0.1, 0.15) is 35.9 Å². The van der Waals surface area contributed by atoms with Crippen molar-refractivity contribution >= 4 is 68.7 Å². The van der Waals surface area contributed by atoms with E-state index in [1.54, 1.807) is 65.7 Å². The Labute approximate surface area is 363 Å². The van der Waals surface area contributed by atoms with E-state index in [-0.39, 0.29) is 49.4 Å². The normalized spacial score (nSPS) is 11.5. The van der Waals surface area contributed by atoms with Crippen molar-refractivity contribution in [3.63, 3.8) is 0 Å². The topological polar surface area (TPSA) is 225 Å². The number of benzene rings is 2. The molecule has 0 aliphatic heterocycles. The van der Waals surface area contributed by atoms with Crippen LogP contribution >= 0.6 is 23.2 Å². The van der Waals surface area contributed by atoms with Crippen LogP contribution in [-0.4, -0.2) is 81.3 Å². The molecular formula is C40H40Cl2N16O4. The third-order valence-electron chi connectivity index (χ3n) is 9.60. The van der Waals surface area contributed by atoms with E-state index in [1.807, 2.05) is 38.1 Å². The molecule has 6 aromatic heterocycles. The second kappa shape index (κ2) is 18.3. The molecule has 2 aromatic carbocycles. The van der Waals surface area contributed by atoms with Crippen LogP contribution in [0.1, 0.15) is 56.5 Å². The van der Waals surface area contributed by atoms with Gasteiger partial charge in [0, 0.05) is 26.9 Å². The molecular weight excluding hydrogens is 839 g/mol. The number of rotatable bonds is 17. The van der Waals surface area contributed by atoms with E-state index in [1.165, 1.54) is 9.36 Å². The first kappa shape index (κ1) is 41.7. The summed E-state index contributed by atoms with van der Waals surface area (Å²) in [7, 11) is 3.42. The Morgan fingerprint density at radius 3 is 1.85 bits per heavy atom. The van der Waals surface area contributed by atoms with Gasteiger partial charge in [-0.25, -0.2) is 28.5 Å². The number of para-hydroxylation sites is 2. The van der Waals surface area contributed by atoms with Crippen molar-refractivity contribution in [2.45, 2.75) is 59.2 Å². The molecule has 0 atom stereocenters.